The van der Waals surface area contributed by atoms with E-state index in [0.717, 1.165) is 0 Å². The first-order valence-electron chi connectivity index (χ1n) is 11.7. The average molecular weight is 562 g/mol. The lowest BCUT2D eigenvalue weighted by Crippen LogP contribution is -2.37. The Morgan fingerprint density at radius 2 is 1.98 bits per heavy atom. The van der Waals surface area contributed by atoms with Crippen molar-refractivity contribution in [1.29, 1.82) is 0 Å². The van der Waals surface area contributed by atoms with Crippen LogP contribution in [0.25, 0.3) is 11.1 Å². The summed E-state index contributed by atoms with van der Waals surface area (Å²) in [6.45, 7) is 1.67. The highest BCUT2D eigenvalue weighted by molar-refractivity contribution is 6.31. The molecular formula is C26H20ClN7O6. The van der Waals surface area contributed by atoms with E-state index in [1.165, 1.54) is 37.6 Å². The number of nitrogens with zero attached hydrogens (tertiary/aromatic N) is 4. The van der Waals surface area contributed by atoms with E-state index in [-0.39, 0.29) is 45.7 Å². The highest BCUT2D eigenvalue weighted by Gasteiger charge is 2.31. The molecule has 1 unspecified atom stereocenters. The van der Waals surface area contributed by atoms with Crippen molar-refractivity contribution in [2.24, 2.45) is 4.99 Å². The minimum atomic E-state index is -0.875. The predicted octanol–water partition coefficient (Wildman–Crippen LogP) is 4.60. The summed E-state index contributed by atoms with van der Waals surface area (Å²) in [5, 5.41) is 20.3. The first-order chi connectivity index (χ1) is 19.2. The number of oxazole rings is 1. The van der Waals surface area contributed by atoms with Crippen LogP contribution in [-0.2, 0) is 9.53 Å². The Balaban J connectivity index is 1.48. The van der Waals surface area contributed by atoms with E-state index in [0.29, 0.717) is 16.3 Å². The van der Waals surface area contributed by atoms with Gasteiger partial charge in [0.25, 0.3) is 11.6 Å². The molecule has 3 heterocycles. The SMILES string of the molecule is COC(=O)c1ccnc(NC(=O)C2=C(C)NC(Nc3nc4c([N+](=O)[O-])cccc4o3)=NC2c2ccccc2Cl)c1. The smallest absolute Gasteiger partial charge is 0.338 e. The molecule has 13 nitrogen and oxygen atoms in total. The second-order valence-electron chi connectivity index (χ2n) is 8.47. The number of nitro benzene ring substituents is 1. The van der Waals surface area contributed by atoms with Crippen molar-refractivity contribution in [3.63, 3.8) is 0 Å². The standard InChI is InChI=1S/C26H20ClN7O6/c1-13-20(23(35)30-19-12-14(10-11-28-19)24(36)39-2)21(15-6-3-4-7-16(15)27)31-25(29-13)33-26-32-22-17(34(37)38)8-5-9-18(22)40-26/h3-12,21H,1-2H3,(H,28,30,35)(H2,29,31,32,33). The third-order valence-corrected chi connectivity index (χ3v) is 6.27. The van der Waals surface area contributed by atoms with Crippen LogP contribution in [0.15, 0.2) is 81.5 Å². The van der Waals surface area contributed by atoms with Gasteiger partial charge in [0.1, 0.15) is 11.9 Å². The molecule has 0 fully saturated rings. The summed E-state index contributed by atoms with van der Waals surface area (Å²) in [4.78, 5) is 49.2. The molecule has 0 saturated carbocycles. The van der Waals surface area contributed by atoms with E-state index < -0.39 is 22.8 Å². The zero-order valence-electron chi connectivity index (χ0n) is 21.0. The number of allylic oxidation sites excluding steroid dienone is 1. The van der Waals surface area contributed by atoms with Crippen molar-refractivity contribution in [1.82, 2.24) is 15.3 Å². The highest BCUT2D eigenvalue weighted by atomic mass is 35.5. The lowest BCUT2D eigenvalue weighted by molar-refractivity contribution is -0.383. The number of carbonyl (C=O) groups is 2. The molecule has 1 amide bonds. The number of anilines is 2. The molecule has 0 bridgehead atoms. The molecule has 0 aliphatic carbocycles. The van der Waals surface area contributed by atoms with E-state index >= 15 is 0 Å². The van der Waals surface area contributed by atoms with Crippen molar-refractivity contribution < 1.29 is 23.7 Å². The fourth-order valence-electron chi connectivity index (χ4n) is 4.12. The van der Waals surface area contributed by atoms with E-state index in [1.54, 1.807) is 37.3 Å². The van der Waals surface area contributed by atoms with Crippen LogP contribution >= 0.6 is 11.6 Å². The van der Waals surface area contributed by atoms with Gasteiger partial charge in [-0.25, -0.2) is 14.8 Å². The summed E-state index contributed by atoms with van der Waals surface area (Å²) >= 11 is 6.49. The van der Waals surface area contributed by atoms with E-state index in [9.17, 15) is 19.7 Å². The molecule has 1 aliphatic rings. The third kappa shape index (κ3) is 5.17. The summed E-state index contributed by atoms with van der Waals surface area (Å²) in [7, 11) is 1.25. The molecule has 14 heteroatoms. The number of amides is 1. The quantitative estimate of drug-likeness (QED) is 0.171. The summed E-state index contributed by atoms with van der Waals surface area (Å²) in [5.41, 5.74) is 1.49. The number of esters is 1. The molecule has 2 aromatic heterocycles. The van der Waals surface area contributed by atoms with Crippen LogP contribution in [0.1, 0.15) is 28.9 Å². The first kappa shape index (κ1) is 26.3. The maximum absolute atomic E-state index is 13.5. The van der Waals surface area contributed by atoms with Crippen LogP contribution in [0, 0.1) is 10.1 Å². The van der Waals surface area contributed by atoms with Gasteiger partial charge < -0.3 is 19.8 Å². The zero-order valence-corrected chi connectivity index (χ0v) is 21.7. The minimum Gasteiger partial charge on any atom is -0.465 e. The monoisotopic (exact) mass is 561 g/mol. The van der Waals surface area contributed by atoms with E-state index in [4.69, 9.17) is 20.8 Å². The fourth-order valence-corrected chi connectivity index (χ4v) is 4.36. The predicted molar refractivity (Wildman–Crippen MR) is 146 cm³/mol. The molecule has 3 N–H and O–H groups in total. The number of non-ortho nitro benzene ring substituents is 1. The van der Waals surface area contributed by atoms with Crippen molar-refractivity contribution in [3.05, 3.63) is 98.3 Å². The number of hydrogen-bond acceptors (Lipinski definition) is 11. The highest BCUT2D eigenvalue weighted by Crippen LogP contribution is 2.35. The number of para-hydroxylation sites is 1. The largest absolute Gasteiger partial charge is 0.465 e. The van der Waals surface area contributed by atoms with Crippen LogP contribution in [0.4, 0.5) is 17.5 Å². The molecule has 202 valence electrons. The minimum absolute atomic E-state index is 0.0435. The molecule has 0 saturated heterocycles. The van der Waals surface area contributed by atoms with Crippen LogP contribution in [0.2, 0.25) is 5.02 Å². The number of ether oxygens (including phenoxy) is 1. The van der Waals surface area contributed by atoms with Gasteiger partial charge >= 0.3 is 12.0 Å². The lowest BCUT2D eigenvalue weighted by atomic mass is 9.95. The number of carbonyl (C=O) groups excluding carboxylic acids is 2. The maximum atomic E-state index is 13.5. The van der Waals surface area contributed by atoms with Gasteiger partial charge in [0.2, 0.25) is 5.96 Å². The van der Waals surface area contributed by atoms with Gasteiger partial charge in [0, 0.05) is 28.5 Å². The number of nitrogens with one attached hydrogen (secondary N) is 3. The number of hydrogen-bond donors (Lipinski definition) is 3. The van der Waals surface area contributed by atoms with Gasteiger partial charge in [-0.2, -0.15) is 4.98 Å². The number of pyridine rings is 1. The number of guanidine groups is 1. The van der Waals surface area contributed by atoms with Gasteiger partial charge in [-0.15, -0.1) is 0 Å². The summed E-state index contributed by atoms with van der Waals surface area (Å²) in [6.07, 6.45) is 1.37. The molecule has 4 aromatic rings. The Hall–Kier alpha value is -5.30. The van der Waals surface area contributed by atoms with E-state index in [1.807, 2.05) is 0 Å². The fraction of sp³-hybridized carbons (Fsp3) is 0.115. The van der Waals surface area contributed by atoms with Crippen molar-refractivity contribution in [2.75, 3.05) is 17.7 Å². The van der Waals surface area contributed by atoms with Crippen LogP contribution in [0.3, 0.4) is 0 Å². The van der Waals surface area contributed by atoms with E-state index in [2.05, 4.69) is 30.9 Å². The van der Waals surface area contributed by atoms with Gasteiger partial charge in [0.15, 0.2) is 11.1 Å². The van der Waals surface area contributed by atoms with Crippen molar-refractivity contribution >= 4 is 58.1 Å². The lowest BCUT2D eigenvalue weighted by Gasteiger charge is -2.26. The number of rotatable bonds is 6. The molecule has 1 aliphatic heterocycles. The summed E-state index contributed by atoms with van der Waals surface area (Å²) in [6, 6.07) is 13.2. The Kier molecular flexibility index (Phi) is 7.12. The second-order valence-corrected chi connectivity index (χ2v) is 8.87. The summed E-state index contributed by atoms with van der Waals surface area (Å²) in [5.74, 6) is -0.817. The normalized spacial score (nSPS) is 14.8. The zero-order chi connectivity index (χ0) is 28.4. The number of fused-ring (bicyclic) bond motifs is 1. The van der Waals surface area contributed by atoms with Gasteiger partial charge in [-0.05, 0) is 31.2 Å². The van der Waals surface area contributed by atoms with Crippen molar-refractivity contribution in [3.8, 4) is 0 Å². The average Bonchev–Trinajstić information content (AvgIpc) is 3.34. The Labute approximate surface area is 231 Å². The topological polar surface area (TPSA) is 174 Å². The number of halogens is 1. The van der Waals surface area contributed by atoms with Crippen LogP contribution in [0.5, 0.6) is 0 Å². The second kappa shape index (κ2) is 10.8. The van der Waals surface area contributed by atoms with Gasteiger partial charge in [-0.1, -0.05) is 35.9 Å². The molecule has 2 aromatic carbocycles. The number of aromatic nitrogens is 2. The molecular weight excluding hydrogens is 542 g/mol. The molecule has 40 heavy (non-hydrogen) atoms. The summed E-state index contributed by atoms with van der Waals surface area (Å²) < 4.78 is 10.4. The molecule has 0 radical (unpaired) electrons. The maximum Gasteiger partial charge on any atom is 0.338 e. The molecule has 0 spiro atoms. The molecule has 5 rings (SSSR count). The Morgan fingerprint density at radius 1 is 1.18 bits per heavy atom. The third-order valence-electron chi connectivity index (χ3n) is 5.93. The van der Waals surface area contributed by atoms with Crippen LogP contribution in [-0.4, -0.2) is 39.8 Å². The number of methoxy groups -OCH3 is 1. The number of aliphatic imine (C=N–C) groups is 1. The Bertz CT molecular complexity index is 1730. The first-order valence-corrected chi connectivity index (χ1v) is 12.1. The molecule has 1 atom stereocenters. The van der Waals surface area contributed by atoms with Crippen molar-refractivity contribution in [2.45, 2.75) is 13.0 Å². The van der Waals surface area contributed by atoms with Crippen LogP contribution < -0.4 is 16.0 Å². The van der Waals surface area contributed by atoms with Gasteiger partial charge in [0.05, 0.1) is 23.2 Å². The van der Waals surface area contributed by atoms with Gasteiger partial charge in [-0.3, -0.25) is 20.2 Å². The number of nitro groups is 1. The number of benzene rings is 2. The Morgan fingerprint density at radius 3 is 2.73 bits per heavy atom.